The molecule has 0 radical (unpaired) electrons. The predicted molar refractivity (Wildman–Crippen MR) is 120 cm³/mol. The van der Waals surface area contributed by atoms with Gasteiger partial charge in [0, 0.05) is 37.8 Å². The zero-order valence-corrected chi connectivity index (χ0v) is 20.3. The van der Waals surface area contributed by atoms with Gasteiger partial charge in [-0.25, -0.2) is 17.2 Å². The Kier molecular flexibility index (Phi) is 7.15. The third-order valence-corrected chi connectivity index (χ3v) is 7.99. The van der Waals surface area contributed by atoms with E-state index in [0.29, 0.717) is 11.0 Å². The summed E-state index contributed by atoms with van der Waals surface area (Å²) in [7, 11) is -4.02. The highest BCUT2D eigenvalue weighted by Crippen LogP contribution is 2.34. The van der Waals surface area contributed by atoms with Crippen LogP contribution in [-0.2, 0) is 27.5 Å². The Hall–Kier alpha value is -3.64. The number of carbonyl (C=O) groups is 2. The maximum absolute atomic E-state index is 14.3. The van der Waals surface area contributed by atoms with Crippen LogP contribution >= 0.6 is 0 Å². The maximum Gasteiger partial charge on any atom is 0.433 e. The van der Waals surface area contributed by atoms with Crippen molar-refractivity contribution in [1.82, 2.24) is 19.5 Å². The number of hydrogen-bond donors (Lipinski definition) is 1. The van der Waals surface area contributed by atoms with Crippen molar-refractivity contribution in [2.75, 3.05) is 19.6 Å². The van der Waals surface area contributed by atoms with Gasteiger partial charge in [-0.1, -0.05) is 12.1 Å². The van der Waals surface area contributed by atoms with E-state index in [2.05, 4.69) is 10.3 Å². The summed E-state index contributed by atoms with van der Waals surface area (Å²) in [5, 5.41) is 11.2. The number of hydrogen-bond acceptors (Lipinski definition) is 6. The Bertz CT molecular complexity index is 1390. The first-order valence-corrected chi connectivity index (χ1v) is 12.6. The fraction of sp³-hybridized carbons (Fsp3) is 0.391. The maximum atomic E-state index is 14.3. The minimum absolute atomic E-state index is 0.00788. The first-order chi connectivity index (χ1) is 17.7. The molecule has 0 saturated carbocycles. The van der Waals surface area contributed by atoms with Gasteiger partial charge in [-0.3, -0.25) is 14.6 Å². The lowest BCUT2D eigenvalue weighted by Gasteiger charge is -2.34. The number of halogens is 5. The van der Waals surface area contributed by atoms with Crippen molar-refractivity contribution < 1.29 is 40.0 Å². The van der Waals surface area contributed by atoms with Crippen LogP contribution in [0.2, 0.25) is 0 Å². The molecule has 38 heavy (non-hydrogen) atoms. The van der Waals surface area contributed by atoms with Gasteiger partial charge in [0.25, 0.3) is 11.8 Å². The Morgan fingerprint density at radius 3 is 2.50 bits per heavy atom. The van der Waals surface area contributed by atoms with E-state index in [0.717, 1.165) is 22.6 Å². The molecule has 2 amide bonds. The monoisotopic (exact) mass is 557 g/mol. The fourth-order valence-electron chi connectivity index (χ4n) is 4.09. The van der Waals surface area contributed by atoms with E-state index in [9.17, 15) is 40.0 Å². The van der Waals surface area contributed by atoms with Gasteiger partial charge in [0.1, 0.15) is 11.7 Å². The number of likely N-dealkylation sites (tertiary alicyclic amines) is 1. The Balaban J connectivity index is 1.48. The van der Waals surface area contributed by atoms with E-state index in [1.165, 1.54) is 18.2 Å². The topological polar surface area (TPSA) is 123 Å². The zero-order chi connectivity index (χ0) is 27.9. The summed E-state index contributed by atoms with van der Waals surface area (Å²) in [4.78, 5) is 29.5. The zero-order valence-electron chi connectivity index (χ0n) is 19.5. The molecule has 2 aliphatic heterocycles. The molecule has 0 spiro atoms. The number of nitriles is 1. The van der Waals surface area contributed by atoms with Crippen molar-refractivity contribution in [2.24, 2.45) is 5.92 Å². The first-order valence-electron chi connectivity index (χ1n) is 11.2. The highest BCUT2D eigenvalue weighted by molar-refractivity contribution is 7.89. The van der Waals surface area contributed by atoms with Crippen LogP contribution in [0.4, 0.5) is 22.0 Å². The van der Waals surface area contributed by atoms with Crippen LogP contribution in [0.3, 0.4) is 0 Å². The van der Waals surface area contributed by atoms with Crippen LogP contribution in [0.1, 0.15) is 28.0 Å². The van der Waals surface area contributed by atoms with Crippen molar-refractivity contribution in [3.8, 4) is 6.07 Å². The molecular formula is C23H20F5N5O4S. The van der Waals surface area contributed by atoms with E-state index in [1.54, 1.807) is 0 Å². The van der Waals surface area contributed by atoms with Crippen LogP contribution < -0.4 is 5.32 Å². The number of carbonyl (C=O) groups excluding carboxylic acids is 2. The average molecular weight is 558 g/mol. The summed E-state index contributed by atoms with van der Waals surface area (Å²) < 4.78 is 93.2. The summed E-state index contributed by atoms with van der Waals surface area (Å²) in [6.07, 6.45) is -4.75. The van der Waals surface area contributed by atoms with Crippen molar-refractivity contribution in [1.29, 1.82) is 5.26 Å². The fourth-order valence-corrected chi connectivity index (χ4v) is 5.67. The van der Waals surface area contributed by atoms with Gasteiger partial charge in [0.05, 0.1) is 23.4 Å². The molecule has 2 aliphatic rings. The summed E-state index contributed by atoms with van der Waals surface area (Å²) >= 11 is 0. The summed E-state index contributed by atoms with van der Waals surface area (Å²) in [6.45, 7) is -1.42. The number of alkyl halides is 5. The van der Waals surface area contributed by atoms with E-state index in [1.807, 2.05) is 6.07 Å². The van der Waals surface area contributed by atoms with E-state index in [-0.39, 0.29) is 35.7 Å². The molecule has 9 nitrogen and oxygen atoms in total. The quantitative estimate of drug-likeness (QED) is 0.545. The number of nitrogens with zero attached hydrogens (tertiary/aromatic N) is 4. The third-order valence-electron chi connectivity index (χ3n) is 6.16. The predicted octanol–water partition coefficient (Wildman–Crippen LogP) is 2.41. The number of benzene rings is 1. The highest BCUT2D eigenvalue weighted by atomic mass is 32.2. The van der Waals surface area contributed by atoms with E-state index >= 15 is 0 Å². The molecule has 4 rings (SSSR count). The molecule has 1 atom stereocenters. The molecule has 2 aromatic rings. The third kappa shape index (κ3) is 5.60. The number of sulfonamides is 1. The number of pyridine rings is 1. The number of nitrogens with one attached hydrogen (secondary N) is 1. The van der Waals surface area contributed by atoms with Crippen molar-refractivity contribution >= 4 is 21.8 Å². The number of rotatable bonds is 6. The normalized spacial score (nSPS) is 20.0. The molecule has 1 aromatic heterocycles. The molecule has 2 saturated heterocycles. The molecule has 15 heteroatoms. The Morgan fingerprint density at radius 2 is 1.89 bits per heavy atom. The van der Waals surface area contributed by atoms with Gasteiger partial charge in [-0.15, -0.1) is 0 Å². The van der Waals surface area contributed by atoms with Crippen LogP contribution in [-0.4, -0.2) is 66.0 Å². The minimum atomic E-state index is -4.65. The molecule has 0 unspecified atom stereocenters. The van der Waals surface area contributed by atoms with Gasteiger partial charge in [-0.05, 0) is 29.8 Å². The lowest BCUT2D eigenvalue weighted by Crippen LogP contribution is -2.49. The summed E-state index contributed by atoms with van der Waals surface area (Å²) in [6, 6.07) is 6.88. The van der Waals surface area contributed by atoms with E-state index in [4.69, 9.17) is 5.26 Å². The Labute approximate surface area is 213 Å². The molecule has 1 N–H and O–H groups in total. The lowest BCUT2D eigenvalue weighted by atomic mass is 10.1. The van der Waals surface area contributed by atoms with Gasteiger partial charge in [-0.2, -0.15) is 22.7 Å². The molecule has 202 valence electrons. The first kappa shape index (κ1) is 27.4. The largest absolute Gasteiger partial charge is 0.433 e. The average Bonchev–Trinajstić information content (AvgIpc) is 3.16. The molecule has 3 heterocycles. The molecule has 1 aromatic carbocycles. The van der Waals surface area contributed by atoms with E-state index < -0.39 is 64.6 Å². The van der Waals surface area contributed by atoms with Gasteiger partial charge >= 0.3 is 6.18 Å². The Morgan fingerprint density at radius 1 is 1.18 bits per heavy atom. The second-order valence-electron chi connectivity index (χ2n) is 8.95. The summed E-state index contributed by atoms with van der Waals surface area (Å²) in [5.74, 6) is -5.79. The van der Waals surface area contributed by atoms with Gasteiger partial charge in [0.2, 0.25) is 15.9 Å². The van der Waals surface area contributed by atoms with Gasteiger partial charge in [0.15, 0.2) is 0 Å². The van der Waals surface area contributed by atoms with Crippen molar-refractivity contribution in [3.05, 3.63) is 59.4 Å². The standard InChI is InChI=1S/C23H20F5N5O4S/c24-22(25)7-18(20(34)31-10-14-4-5-19(30-9-14)23(26,27)28)33(13-22)21(35)16-2-1-3-17(6-16)38(36,37)32-11-15(8-29)12-32/h1-6,9,15,18H,7,10-13H2,(H,31,34)/t18-/m1/s1. The van der Waals surface area contributed by atoms with Gasteiger partial charge < -0.3 is 10.2 Å². The van der Waals surface area contributed by atoms with Crippen LogP contribution in [0.15, 0.2) is 47.5 Å². The summed E-state index contributed by atoms with van der Waals surface area (Å²) in [5.41, 5.74) is -1.19. The minimum Gasteiger partial charge on any atom is -0.350 e. The smallest absolute Gasteiger partial charge is 0.350 e. The second-order valence-corrected chi connectivity index (χ2v) is 10.9. The molecular weight excluding hydrogens is 537 g/mol. The van der Waals surface area contributed by atoms with Crippen molar-refractivity contribution in [2.45, 2.75) is 36.0 Å². The number of aromatic nitrogens is 1. The van der Waals surface area contributed by atoms with Crippen LogP contribution in [0.25, 0.3) is 0 Å². The molecule has 0 bridgehead atoms. The molecule has 0 aliphatic carbocycles. The second kappa shape index (κ2) is 9.91. The van der Waals surface area contributed by atoms with Crippen molar-refractivity contribution in [3.63, 3.8) is 0 Å². The lowest BCUT2D eigenvalue weighted by molar-refractivity contribution is -0.141. The van der Waals surface area contributed by atoms with Crippen LogP contribution in [0, 0.1) is 17.2 Å². The highest BCUT2D eigenvalue weighted by Gasteiger charge is 2.50. The van der Waals surface area contributed by atoms with Crippen LogP contribution in [0.5, 0.6) is 0 Å². The number of amides is 2. The molecule has 2 fully saturated rings. The SMILES string of the molecule is N#CC1CN(S(=O)(=O)c2cccc(C(=O)N3CC(F)(F)C[C@@H]3C(=O)NCc3ccc(C(F)(F)F)nc3)c2)C1.